The molecule has 0 atom stereocenters. The van der Waals surface area contributed by atoms with Gasteiger partial charge in [-0.15, -0.1) is 0 Å². The molecule has 0 aliphatic carbocycles. The number of ether oxygens (including phenoxy) is 3. The SMILES string of the molecule is COc1cc(/C=C2\N=C(c3ccc(C)c([N+](=O)[O-])c3)OC2=O)cc(Cl)c1OCc1ccccc1F. The number of hydrogen-bond acceptors (Lipinski definition) is 7. The minimum atomic E-state index is -0.724. The van der Waals surface area contributed by atoms with Gasteiger partial charge in [0.05, 0.1) is 17.1 Å². The van der Waals surface area contributed by atoms with Crippen molar-refractivity contribution >= 4 is 35.2 Å². The van der Waals surface area contributed by atoms with Crippen LogP contribution >= 0.6 is 11.6 Å². The highest BCUT2D eigenvalue weighted by atomic mass is 35.5. The Balaban J connectivity index is 1.61. The van der Waals surface area contributed by atoms with Crippen LogP contribution < -0.4 is 9.47 Å². The number of rotatable bonds is 7. The van der Waals surface area contributed by atoms with Crippen LogP contribution in [0.1, 0.15) is 22.3 Å². The fraction of sp³-hybridized carbons (Fsp3) is 0.120. The lowest BCUT2D eigenvalue weighted by Crippen LogP contribution is -2.06. The molecular formula is C25H18ClFN2O6. The number of nitro benzene ring substituents is 1. The number of hydrogen-bond donors (Lipinski definition) is 0. The van der Waals surface area contributed by atoms with Crippen LogP contribution in [0.5, 0.6) is 11.5 Å². The summed E-state index contributed by atoms with van der Waals surface area (Å²) in [4.78, 5) is 27.3. The van der Waals surface area contributed by atoms with Crippen molar-refractivity contribution in [1.29, 1.82) is 0 Å². The Morgan fingerprint density at radius 3 is 2.69 bits per heavy atom. The lowest BCUT2D eigenvalue weighted by molar-refractivity contribution is -0.385. The Bertz CT molecular complexity index is 1400. The van der Waals surface area contributed by atoms with Gasteiger partial charge in [0.1, 0.15) is 12.4 Å². The number of carbonyl (C=O) groups excluding carboxylic acids is 1. The zero-order chi connectivity index (χ0) is 25.1. The van der Waals surface area contributed by atoms with Crippen molar-refractivity contribution in [1.82, 2.24) is 0 Å². The van der Waals surface area contributed by atoms with E-state index in [4.69, 9.17) is 25.8 Å². The predicted octanol–water partition coefficient (Wildman–Crippen LogP) is 5.63. The largest absolute Gasteiger partial charge is 0.493 e. The van der Waals surface area contributed by atoms with Gasteiger partial charge in [0.25, 0.3) is 5.69 Å². The Kier molecular flexibility index (Phi) is 6.79. The van der Waals surface area contributed by atoms with Crippen molar-refractivity contribution in [3.8, 4) is 11.5 Å². The highest BCUT2D eigenvalue weighted by Gasteiger charge is 2.26. The standard InChI is InChI=1S/C25H18ClFN2O6/c1-14-7-8-16(12-21(14)29(31)32)24-28-20(25(30)35-24)10-15-9-18(26)23(22(11-15)33-2)34-13-17-5-3-4-6-19(17)27/h3-12H,13H2,1-2H3/b20-10-. The summed E-state index contributed by atoms with van der Waals surface area (Å²) in [6, 6.07) is 13.7. The molecule has 0 N–H and O–H groups in total. The fourth-order valence-electron chi connectivity index (χ4n) is 3.36. The molecule has 0 aromatic heterocycles. The first kappa shape index (κ1) is 23.9. The molecule has 3 aromatic carbocycles. The minimum Gasteiger partial charge on any atom is -0.493 e. The molecule has 0 radical (unpaired) electrons. The van der Waals surface area contributed by atoms with Crippen molar-refractivity contribution in [2.75, 3.05) is 7.11 Å². The monoisotopic (exact) mass is 496 g/mol. The number of methoxy groups -OCH3 is 1. The summed E-state index contributed by atoms with van der Waals surface area (Å²) in [6.07, 6.45) is 1.44. The quantitative estimate of drug-likeness (QED) is 0.182. The molecule has 8 nitrogen and oxygen atoms in total. The van der Waals surface area contributed by atoms with E-state index in [1.807, 2.05) is 0 Å². The lowest BCUT2D eigenvalue weighted by atomic mass is 10.1. The summed E-state index contributed by atoms with van der Waals surface area (Å²) in [5.74, 6) is -0.697. The summed E-state index contributed by atoms with van der Waals surface area (Å²) in [5.41, 5.74) is 1.45. The van der Waals surface area contributed by atoms with Crippen LogP contribution in [0.25, 0.3) is 6.08 Å². The van der Waals surface area contributed by atoms with E-state index in [1.165, 1.54) is 31.4 Å². The smallest absolute Gasteiger partial charge is 0.363 e. The molecule has 3 aromatic rings. The lowest BCUT2D eigenvalue weighted by Gasteiger charge is -2.13. The number of cyclic esters (lactones) is 1. The van der Waals surface area contributed by atoms with Crippen molar-refractivity contribution in [2.24, 2.45) is 4.99 Å². The molecule has 0 saturated carbocycles. The molecule has 0 unspecified atom stereocenters. The number of benzene rings is 3. The zero-order valence-electron chi connectivity index (χ0n) is 18.6. The average Bonchev–Trinajstić information content (AvgIpc) is 3.19. The number of aliphatic imine (C=N–C) groups is 1. The van der Waals surface area contributed by atoms with Gasteiger partial charge >= 0.3 is 5.97 Å². The first-order valence-corrected chi connectivity index (χ1v) is 10.7. The molecule has 4 rings (SSSR count). The maximum Gasteiger partial charge on any atom is 0.363 e. The summed E-state index contributed by atoms with van der Waals surface area (Å²) >= 11 is 6.38. The Hall–Kier alpha value is -4.24. The molecule has 10 heteroatoms. The van der Waals surface area contributed by atoms with E-state index >= 15 is 0 Å². The topological polar surface area (TPSA) is 100 Å². The van der Waals surface area contributed by atoms with Gasteiger partial charge in [0.15, 0.2) is 17.2 Å². The van der Waals surface area contributed by atoms with Gasteiger partial charge in [-0.3, -0.25) is 10.1 Å². The first-order chi connectivity index (χ1) is 16.8. The number of carbonyl (C=O) groups is 1. The average molecular weight is 497 g/mol. The van der Waals surface area contributed by atoms with Crippen LogP contribution in [-0.2, 0) is 16.1 Å². The van der Waals surface area contributed by atoms with Crippen LogP contribution in [0.3, 0.4) is 0 Å². The number of halogens is 2. The van der Waals surface area contributed by atoms with Crippen molar-refractivity contribution in [3.63, 3.8) is 0 Å². The van der Waals surface area contributed by atoms with Crippen LogP contribution in [-0.4, -0.2) is 23.9 Å². The van der Waals surface area contributed by atoms with E-state index in [0.717, 1.165) is 0 Å². The molecule has 35 heavy (non-hydrogen) atoms. The zero-order valence-corrected chi connectivity index (χ0v) is 19.3. The van der Waals surface area contributed by atoms with Gasteiger partial charge in [0.2, 0.25) is 5.90 Å². The van der Waals surface area contributed by atoms with Gasteiger partial charge in [-0.2, -0.15) is 0 Å². The third-order valence-corrected chi connectivity index (χ3v) is 5.44. The van der Waals surface area contributed by atoms with Crippen molar-refractivity contribution in [2.45, 2.75) is 13.5 Å². The fourth-order valence-corrected chi connectivity index (χ4v) is 3.63. The van der Waals surface area contributed by atoms with Gasteiger partial charge < -0.3 is 14.2 Å². The van der Waals surface area contributed by atoms with E-state index in [2.05, 4.69) is 4.99 Å². The minimum absolute atomic E-state index is 0.0265. The van der Waals surface area contributed by atoms with E-state index in [1.54, 1.807) is 43.3 Å². The molecule has 1 heterocycles. The van der Waals surface area contributed by atoms with E-state index < -0.39 is 16.7 Å². The van der Waals surface area contributed by atoms with E-state index in [9.17, 15) is 19.3 Å². The maximum atomic E-state index is 13.9. The van der Waals surface area contributed by atoms with Gasteiger partial charge in [-0.25, -0.2) is 14.2 Å². The Labute approximate surface area is 204 Å². The summed E-state index contributed by atoms with van der Waals surface area (Å²) < 4.78 is 30.2. The third-order valence-electron chi connectivity index (χ3n) is 5.16. The Morgan fingerprint density at radius 2 is 1.97 bits per heavy atom. The second-order valence-electron chi connectivity index (χ2n) is 7.51. The van der Waals surface area contributed by atoms with E-state index in [0.29, 0.717) is 22.3 Å². The van der Waals surface area contributed by atoms with Crippen LogP contribution in [0.15, 0.2) is 65.3 Å². The number of nitro groups is 1. The molecule has 0 fully saturated rings. The molecule has 1 aliphatic rings. The first-order valence-electron chi connectivity index (χ1n) is 10.3. The Morgan fingerprint density at radius 1 is 1.20 bits per heavy atom. The van der Waals surface area contributed by atoms with Crippen molar-refractivity contribution in [3.05, 3.63) is 104 Å². The maximum absolute atomic E-state index is 13.9. The highest BCUT2D eigenvalue weighted by molar-refractivity contribution is 6.32. The molecular weight excluding hydrogens is 479 g/mol. The number of esters is 1. The van der Waals surface area contributed by atoms with Crippen LogP contribution in [0.2, 0.25) is 5.02 Å². The van der Waals surface area contributed by atoms with Crippen LogP contribution in [0, 0.1) is 22.9 Å². The van der Waals surface area contributed by atoms with Gasteiger partial charge in [0, 0.05) is 22.8 Å². The second-order valence-corrected chi connectivity index (χ2v) is 7.92. The molecule has 178 valence electrons. The molecule has 1 aliphatic heterocycles. The molecule has 0 saturated heterocycles. The number of aryl methyl sites for hydroxylation is 1. The highest BCUT2D eigenvalue weighted by Crippen LogP contribution is 2.38. The summed E-state index contributed by atoms with van der Waals surface area (Å²) in [6.45, 7) is 1.54. The van der Waals surface area contributed by atoms with Gasteiger partial charge in [-0.05, 0) is 42.8 Å². The van der Waals surface area contributed by atoms with E-state index in [-0.39, 0.29) is 40.4 Å². The third kappa shape index (κ3) is 5.15. The molecule has 0 spiro atoms. The van der Waals surface area contributed by atoms with Gasteiger partial charge in [-0.1, -0.05) is 35.9 Å². The second kappa shape index (κ2) is 9.94. The summed E-state index contributed by atoms with van der Waals surface area (Å²) in [7, 11) is 1.42. The van der Waals surface area contributed by atoms with Crippen molar-refractivity contribution < 1.29 is 28.3 Å². The molecule has 0 amide bonds. The van der Waals surface area contributed by atoms with Crippen LogP contribution in [0.4, 0.5) is 10.1 Å². The molecule has 0 bridgehead atoms. The number of nitrogens with zero attached hydrogens (tertiary/aromatic N) is 2. The normalized spacial score (nSPS) is 14.0. The summed E-state index contributed by atoms with van der Waals surface area (Å²) in [5, 5.41) is 11.4. The predicted molar refractivity (Wildman–Crippen MR) is 127 cm³/mol.